The number of hydrogen-bond donors (Lipinski definition) is 0. The summed E-state index contributed by atoms with van der Waals surface area (Å²) in [6, 6.07) is 49.3. The predicted molar refractivity (Wildman–Crippen MR) is 167 cm³/mol. The highest BCUT2D eigenvalue weighted by Crippen LogP contribution is 2.52. The van der Waals surface area contributed by atoms with Crippen molar-refractivity contribution in [2.45, 2.75) is 19.3 Å². The molecule has 7 aromatic carbocycles. The molecule has 0 heterocycles. The van der Waals surface area contributed by atoms with Crippen molar-refractivity contribution in [1.82, 2.24) is 0 Å². The van der Waals surface area contributed by atoms with Crippen LogP contribution < -0.4 is 0 Å². The molecular weight excluding hydrogens is 468 g/mol. The molecule has 0 aliphatic heterocycles. The fraction of sp³-hybridized carbons (Fsp3) is 0.0769. The second-order valence-electron chi connectivity index (χ2n) is 11.3. The molecule has 8 rings (SSSR count). The highest BCUT2D eigenvalue weighted by atomic mass is 14.4. The first kappa shape index (κ1) is 22.3. The summed E-state index contributed by atoms with van der Waals surface area (Å²) >= 11 is 0. The minimum absolute atomic E-state index is 0.0596. The Balaban J connectivity index is 1.48. The Morgan fingerprint density at radius 2 is 1.08 bits per heavy atom. The molecule has 0 heteroatoms. The van der Waals surface area contributed by atoms with Gasteiger partial charge in [0.25, 0.3) is 0 Å². The molecule has 0 saturated heterocycles. The van der Waals surface area contributed by atoms with Crippen molar-refractivity contribution >= 4 is 32.3 Å². The van der Waals surface area contributed by atoms with Crippen molar-refractivity contribution in [2.24, 2.45) is 0 Å². The van der Waals surface area contributed by atoms with Gasteiger partial charge in [0, 0.05) is 5.41 Å². The van der Waals surface area contributed by atoms with Crippen molar-refractivity contribution in [3.63, 3.8) is 0 Å². The van der Waals surface area contributed by atoms with Crippen LogP contribution in [0.25, 0.3) is 65.7 Å². The molecular formula is C39H28. The van der Waals surface area contributed by atoms with Crippen LogP contribution in [-0.4, -0.2) is 0 Å². The summed E-state index contributed by atoms with van der Waals surface area (Å²) in [6.45, 7) is 4.76. The van der Waals surface area contributed by atoms with Gasteiger partial charge in [-0.15, -0.1) is 0 Å². The Kier molecular flexibility index (Phi) is 4.67. The molecule has 0 saturated carbocycles. The highest BCUT2D eigenvalue weighted by Gasteiger charge is 2.36. The SMILES string of the molecule is CC1(C)c2ccccc2-c2ccc3c(cc(-c4ccccc4)c4cc(-c5cccc6ccccc56)ccc43)c21. The maximum absolute atomic E-state index is 2.46. The summed E-state index contributed by atoms with van der Waals surface area (Å²) in [5.74, 6) is 0. The maximum Gasteiger partial charge on any atom is 0.0165 e. The van der Waals surface area contributed by atoms with Crippen LogP contribution in [0.1, 0.15) is 25.0 Å². The van der Waals surface area contributed by atoms with Crippen molar-refractivity contribution in [1.29, 1.82) is 0 Å². The van der Waals surface area contributed by atoms with E-state index in [0.29, 0.717) is 0 Å². The lowest BCUT2D eigenvalue weighted by Crippen LogP contribution is -2.15. The topological polar surface area (TPSA) is 0 Å². The lowest BCUT2D eigenvalue weighted by molar-refractivity contribution is 0.666. The van der Waals surface area contributed by atoms with E-state index in [2.05, 4.69) is 147 Å². The smallest absolute Gasteiger partial charge is 0.0165 e. The molecule has 7 aromatic rings. The molecule has 0 amide bonds. The standard InChI is InChI=1S/C39H28/c1-39(2)37-18-9-8-16-32(37)33-22-21-31-30-20-19-27(29-17-10-14-25-13-6-7-15-28(25)29)23-35(30)34(24-36(31)38(33)39)26-11-4-3-5-12-26/h3-24H,1-2H3. The normalized spacial score (nSPS) is 13.6. The second-order valence-corrected chi connectivity index (χ2v) is 11.3. The molecule has 39 heavy (non-hydrogen) atoms. The minimum atomic E-state index is -0.0596. The number of fused-ring (bicyclic) bond motifs is 8. The van der Waals surface area contributed by atoms with Gasteiger partial charge in [0.05, 0.1) is 0 Å². The van der Waals surface area contributed by atoms with Crippen LogP contribution in [0.15, 0.2) is 133 Å². The van der Waals surface area contributed by atoms with Crippen molar-refractivity contribution in [3.8, 4) is 33.4 Å². The van der Waals surface area contributed by atoms with Gasteiger partial charge in [-0.2, -0.15) is 0 Å². The van der Waals surface area contributed by atoms with Gasteiger partial charge in [-0.1, -0.05) is 135 Å². The zero-order valence-electron chi connectivity index (χ0n) is 22.2. The maximum atomic E-state index is 2.46. The van der Waals surface area contributed by atoms with Gasteiger partial charge < -0.3 is 0 Å². The molecule has 0 nitrogen and oxygen atoms in total. The quantitative estimate of drug-likeness (QED) is 0.209. The van der Waals surface area contributed by atoms with Gasteiger partial charge in [0.2, 0.25) is 0 Å². The van der Waals surface area contributed by atoms with E-state index in [1.807, 2.05) is 0 Å². The van der Waals surface area contributed by atoms with Crippen LogP contribution in [0.3, 0.4) is 0 Å². The first-order valence-corrected chi connectivity index (χ1v) is 13.8. The van der Waals surface area contributed by atoms with E-state index in [-0.39, 0.29) is 5.41 Å². The van der Waals surface area contributed by atoms with Crippen LogP contribution in [-0.2, 0) is 5.41 Å². The van der Waals surface area contributed by atoms with Crippen LogP contribution >= 0.6 is 0 Å². The van der Waals surface area contributed by atoms with Crippen molar-refractivity contribution < 1.29 is 0 Å². The first-order chi connectivity index (χ1) is 19.1. The second kappa shape index (κ2) is 8.16. The van der Waals surface area contributed by atoms with E-state index in [1.165, 1.54) is 76.8 Å². The number of hydrogen-bond acceptors (Lipinski definition) is 0. The molecule has 0 unspecified atom stereocenters. The number of benzene rings is 7. The average molecular weight is 497 g/mol. The Morgan fingerprint density at radius 1 is 0.385 bits per heavy atom. The van der Waals surface area contributed by atoms with Gasteiger partial charge in [0.1, 0.15) is 0 Å². The molecule has 1 aliphatic carbocycles. The molecule has 0 aromatic heterocycles. The summed E-state index contributed by atoms with van der Waals surface area (Å²) in [5.41, 5.74) is 10.6. The van der Waals surface area contributed by atoms with E-state index in [4.69, 9.17) is 0 Å². The fourth-order valence-electron chi connectivity index (χ4n) is 7.03. The Bertz CT molecular complexity index is 2070. The van der Waals surface area contributed by atoms with Crippen LogP contribution in [0, 0.1) is 0 Å². The first-order valence-electron chi connectivity index (χ1n) is 13.8. The van der Waals surface area contributed by atoms with E-state index in [9.17, 15) is 0 Å². The van der Waals surface area contributed by atoms with Gasteiger partial charge in [-0.3, -0.25) is 0 Å². The predicted octanol–water partition coefficient (Wildman–Crippen LogP) is 10.8. The lowest BCUT2D eigenvalue weighted by Gasteiger charge is -2.24. The minimum Gasteiger partial charge on any atom is -0.0622 e. The van der Waals surface area contributed by atoms with Gasteiger partial charge in [-0.05, 0) is 89.0 Å². The average Bonchev–Trinajstić information content (AvgIpc) is 3.23. The third-order valence-corrected chi connectivity index (χ3v) is 8.84. The van der Waals surface area contributed by atoms with Crippen molar-refractivity contribution in [2.75, 3.05) is 0 Å². The van der Waals surface area contributed by atoms with E-state index in [0.717, 1.165) is 0 Å². The molecule has 0 bridgehead atoms. The molecule has 0 N–H and O–H groups in total. The van der Waals surface area contributed by atoms with E-state index < -0.39 is 0 Å². The molecule has 0 atom stereocenters. The van der Waals surface area contributed by atoms with Gasteiger partial charge >= 0.3 is 0 Å². The fourth-order valence-corrected chi connectivity index (χ4v) is 7.03. The zero-order valence-corrected chi connectivity index (χ0v) is 22.2. The molecule has 0 fully saturated rings. The van der Waals surface area contributed by atoms with Crippen molar-refractivity contribution in [3.05, 3.63) is 145 Å². The molecule has 0 radical (unpaired) electrons. The summed E-state index contributed by atoms with van der Waals surface area (Å²) < 4.78 is 0. The van der Waals surface area contributed by atoms with Gasteiger partial charge in [-0.25, -0.2) is 0 Å². The monoisotopic (exact) mass is 496 g/mol. The van der Waals surface area contributed by atoms with Crippen LogP contribution in [0.4, 0.5) is 0 Å². The van der Waals surface area contributed by atoms with E-state index >= 15 is 0 Å². The van der Waals surface area contributed by atoms with Gasteiger partial charge in [0.15, 0.2) is 0 Å². The molecule has 0 spiro atoms. The summed E-state index contributed by atoms with van der Waals surface area (Å²) in [6.07, 6.45) is 0. The Hall–Kier alpha value is -4.68. The summed E-state index contributed by atoms with van der Waals surface area (Å²) in [5, 5.41) is 7.86. The zero-order chi connectivity index (χ0) is 26.1. The summed E-state index contributed by atoms with van der Waals surface area (Å²) in [4.78, 5) is 0. The Morgan fingerprint density at radius 3 is 1.97 bits per heavy atom. The lowest BCUT2D eigenvalue weighted by atomic mass is 9.79. The third-order valence-electron chi connectivity index (χ3n) is 8.84. The summed E-state index contributed by atoms with van der Waals surface area (Å²) in [7, 11) is 0. The van der Waals surface area contributed by atoms with Crippen LogP contribution in [0.2, 0.25) is 0 Å². The third kappa shape index (κ3) is 3.18. The highest BCUT2D eigenvalue weighted by molar-refractivity contribution is 6.17. The number of rotatable bonds is 2. The van der Waals surface area contributed by atoms with E-state index in [1.54, 1.807) is 0 Å². The molecule has 1 aliphatic rings. The Labute approximate surface area is 229 Å². The largest absolute Gasteiger partial charge is 0.0622 e. The van der Waals surface area contributed by atoms with Crippen LogP contribution in [0.5, 0.6) is 0 Å². The molecule has 184 valence electrons.